The number of carboxylic acids is 1. The predicted octanol–water partition coefficient (Wildman–Crippen LogP) is 1.40. The molecule has 1 unspecified atom stereocenters. The highest BCUT2D eigenvalue weighted by atomic mass is 16.5. The van der Waals surface area contributed by atoms with Crippen molar-refractivity contribution in [3.8, 4) is 0 Å². The summed E-state index contributed by atoms with van der Waals surface area (Å²) in [6.07, 6.45) is 3.28. The molecule has 0 bridgehead atoms. The molecule has 1 N–H and O–H groups in total. The average molecular weight is 144 g/mol. The number of allylic oxidation sites excluding steroid dienone is 1. The van der Waals surface area contributed by atoms with Gasteiger partial charge in [-0.25, -0.2) is 4.79 Å². The lowest BCUT2D eigenvalue weighted by Gasteiger charge is -2.03. The van der Waals surface area contributed by atoms with Crippen LogP contribution in [0.5, 0.6) is 0 Å². The van der Waals surface area contributed by atoms with Crippen molar-refractivity contribution in [3.05, 3.63) is 12.3 Å². The minimum atomic E-state index is -0.944. The van der Waals surface area contributed by atoms with E-state index in [1.54, 1.807) is 6.08 Å². The van der Waals surface area contributed by atoms with Crippen molar-refractivity contribution in [3.63, 3.8) is 0 Å². The molecule has 0 amide bonds. The summed E-state index contributed by atoms with van der Waals surface area (Å²) in [7, 11) is 0. The van der Waals surface area contributed by atoms with Gasteiger partial charge in [-0.1, -0.05) is 13.0 Å². The zero-order valence-electron chi connectivity index (χ0n) is 6.20. The molecule has 0 aliphatic carbocycles. The van der Waals surface area contributed by atoms with E-state index in [-0.39, 0.29) is 0 Å². The van der Waals surface area contributed by atoms with Crippen LogP contribution in [0, 0.1) is 0 Å². The highest BCUT2D eigenvalue weighted by Crippen LogP contribution is 1.91. The minimum Gasteiger partial charge on any atom is -0.487 e. The number of carbonyl (C=O) groups is 1. The maximum absolute atomic E-state index is 10.1. The third kappa shape index (κ3) is 3.95. The molecule has 0 saturated carbocycles. The molecule has 0 heterocycles. The van der Waals surface area contributed by atoms with E-state index in [0.29, 0.717) is 0 Å². The molecule has 0 saturated heterocycles. The molecule has 10 heavy (non-hydrogen) atoms. The lowest BCUT2D eigenvalue weighted by atomic mass is 10.4. The van der Waals surface area contributed by atoms with E-state index in [1.807, 2.05) is 6.92 Å². The summed E-state index contributed by atoms with van der Waals surface area (Å²) in [5, 5.41) is 8.32. The third-order valence-electron chi connectivity index (χ3n) is 0.962. The minimum absolute atomic E-state index is 0.747. The zero-order valence-corrected chi connectivity index (χ0v) is 6.20. The van der Waals surface area contributed by atoms with E-state index in [1.165, 1.54) is 13.2 Å². The molecular formula is C7H12O3. The first kappa shape index (κ1) is 9.01. The molecule has 0 spiro atoms. The van der Waals surface area contributed by atoms with E-state index in [2.05, 4.69) is 0 Å². The molecule has 0 aliphatic rings. The van der Waals surface area contributed by atoms with Crippen LogP contribution < -0.4 is 0 Å². The Morgan fingerprint density at radius 1 is 1.80 bits per heavy atom. The number of ether oxygens (including phenoxy) is 1. The molecule has 0 aromatic heterocycles. The lowest BCUT2D eigenvalue weighted by Crippen LogP contribution is -2.16. The number of hydrogen-bond acceptors (Lipinski definition) is 2. The molecule has 0 radical (unpaired) electrons. The number of hydrogen-bond donors (Lipinski definition) is 1. The van der Waals surface area contributed by atoms with Crippen LogP contribution in [0.3, 0.4) is 0 Å². The van der Waals surface area contributed by atoms with Gasteiger partial charge < -0.3 is 9.84 Å². The van der Waals surface area contributed by atoms with Gasteiger partial charge in [0.25, 0.3) is 0 Å². The maximum atomic E-state index is 10.1. The molecule has 0 aromatic rings. The second-order valence-electron chi connectivity index (χ2n) is 1.90. The number of carboxylic acid groups (broad SMARTS) is 1. The van der Waals surface area contributed by atoms with Crippen LogP contribution >= 0.6 is 0 Å². The van der Waals surface area contributed by atoms with Gasteiger partial charge in [0.2, 0.25) is 0 Å². The number of aliphatic carboxylic acids is 1. The second kappa shape index (κ2) is 4.85. The van der Waals surface area contributed by atoms with Crippen LogP contribution in [0.2, 0.25) is 0 Å². The fourth-order valence-corrected chi connectivity index (χ4v) is 0.328. The van der Waals surface area contributed by atoms with Crippen molar-refractivity contribution in [2.45, 2.75) is 26.4 Å². The largest absolute Gasteiger partial charge is 0.487 e. The molecular weight excluding hydrogens is 132 g/mol. The fourth-order valence-electron chi connectivity index (χ4n) is 0.328. The Hall–Kier alpha value is -0.990. The van der Waals surface area contributed by atoms with Gasteiger partial charge in [0.05, 0.1) is 6.26 Å². The Labute approximate surface area is 60.3 Å². The van der Waals surface area contributed by atoms with Gasteiger partial charge in [-0.05, 0) is 13.3 Å². The average Bonchev–Trinajstić information content (AvgIpc) is 1.88. The molecule has 0 aliphatic heterocycles. The predicted molar refractivity (Wildman–Crippen MR) is 37.6 cm³/mol. The van der Waals surface area contributed by atoms with Gasteiger partial charge in [-0.15, -0.1) is 0 Å². The van der Waals surface area contributed by atoms with E-state index in [9.17, 15) is 4.79 Å². The summed E-state index contributed by atoms with van der Waals surface area (Å²) in [6.45, 7) is 3.44. The third-order valence-corrected chi connectivity index (χ3v) is 0.962. The van der Waals surface area contributed by atoms with E-state index in [0.717, 1.165) is 6.42 Å². The highest BCUT2D eigenvalue weighted by Gasteiger charge is 2.08. The van der Waals surface area contributed by atoms with Crippen LogP contribution in [-0.2, 0) is 9.53 Å². The van der Waals surface area contributed by atoms with E-state index < -0.39 is 12.1 Å². The summed E-state index contributed by atoms with van der Waals surface area (Å²) in [5.41, 5.74) is 0. The highest BCUT2D eigenvalue weighted by molar-refractivity contribution is 5.71. The first-order valence-electron chi connectivity index (χ1n) is 3.21. The van der Waals surface area contributed by atoms with Gasteiger partial charge in [0.15, 0.2) is 6.10 Å². The second-order valence-corrected chi connectivity index (χ2v) is 1.90. The normalized spacial score (nSPS) is 13.4. The first-order valence-corrected chi connectivity index (χ1v) is 3.21. The molecule has 0 rings (SSSR count). The summed E-state index contributed by atoms with van der Waals surface area (Å²) < 4.78 is 4.76. The molecule has 58 valence electrons. The van der Waals surface area contributed by atoms with Gasteiger partial charge >= 0.3 is 5.97 Å². The van der Waals surface area contributed by atoms with Crippen molar-refractivity contribution in [2.24, 2.45) is 0 Å². The van der Waals surface area contributed by atoms with Gasteiger partial charge in [0.1, 0.15) is 0 Å². The van der Waals surface area contributed by atoms with Crippen LogP contribution in [0.1, 0.15) is 20.3 Å². The van der Waals surface area contributed by atoms with Crippen molar-refractivity contribution in [2.75, 3.05) is 0 Å². The van der Waals surface area contributed by atoms with Crippen LogP contribution in [0.15, 0.2) is 12.3 Å². The smallest absolute Gasteiger partial charge is 0.344 e. The van der Waals surface area contributed by atoms with Gasteiger partial charge in [0, 0.05) is 0 Å². The monoisotopic (exact) mass is 144 g/mol. The van der Waals surface area contributed by atoms with Gasteiger partial charge in [-0.2, -0.15) is 0 Å². The lowest BCUT2D eigenvalue weighted by molar-refractivity contribution is -0.145. The van der Waals surface area contributed by atoms with Crippen molar-refractivity contribution in [1.82, 2.24) is 0 Å². The van der Waals surface area contributed by atoms with Gasteiger partial charge in [-0.3, -0.25) is 0 Å². The summed E-state index contributed by atoms with van der Waals surface area (Å²) in [4.78, 5) is 10.1. The Kier molecular flexibility index (Phi) is 4.37. The van der Waals surface area contributed by atoms with Crippen molar-refractivity contribution in [1.29, 1.82) is 0 Å². The van der Waals surface area contributed by atoms with E-state index in [4.69, 9.17) is 9.84 Å². The summed E-state index contributed by atoms with van der Waals surface area (Å²) in [5.74, 6) is -0.944. The first-order chi connectivity index (χ1) is 4.68. The Balaban J connectivity index is 3.48. The maximum Gasteiger partial charge on any atom is 0.344 e. The fraction of sp³-hybridized carbons (Fsp3) is 0.571. The molecule has 3 heteroatoms. The van der Waals surface area contributed by atoms with Crippen LogP contribution in [0.25, 0.3) is 0 Å². The number of rotatable bonds is 4. The van der Waals surface area contributed by atoms with Crippen LogP contribution in [-0.4, -0.2) is 17.2 Å². The van der Waals surface area contributed by atoms with Crippen molar-refractivity contribution >= 4 is 5.97 Å². The van der Waals surface area contributed by atoms with Crippen LogP contribution in [0.4, 0.5) is 0 Å². The SMILES string of the molecule is CCC=COC(C)C(=O)O. The quantitative estimate of drug-likeness (QED) is 0.606. The molecule has 0 fully saturated rings. The molecule has 0 aromatic carbocycles. The summed E-state index contributed by atoms with van der Waals surface area (Å²) >= 11 is 0. The Morgan fingerprint density at radius 2 is 2.40 bits per heavy atom. The standard InChI is InChI=1S/C7H12O3/c1-3-4-5-10-6(2)7(8)9/h4-6H,3H2,1-2H3,(H,8,9). The van der Waals surface area contributed by atoms with Crippen molar-refractivity contribution < 1.29 is 14.6 Å². The topological polar surface area (TPSA) is 46.5 Å². The zero-order chi connectivity index (χ0) is 7.98. The van der Waals surface area contributed by atoms with E-state index >= 15 is 0 Å². The molecule has 1 atom stereocenters. The summed E-state index contributed by atoms with van der Waals surface area (Å²) in [6, 6.07) is 0. The molecule has 3 nitrogen and oxygen atoms in total. The Bertz CT molecular complexity index is 129. The Morgan fingerprint density at radius 3 is 2.80 bits per heavy atom.